The van der Waals surface area contributed by atoms with E-state index in [2.05, 4.69) is 277 Å². The van der Waals surface area contributed by atoms with Crippen LogP contribution in [0.2, 0.25) is 0 Å². The Morgan fingerprint density at radius 3 is 1.17 bits per heavy atom. The van der Waals surface area contributed by atoms with Crippen LogP contribution in [0.4, 0.5) is 0 Å². The summed E-state index contributed by atoms with van der Waals surface area (Å²) in [5.41, 5.74) is 6.99. The summed E-state index contributed by atoms with van der Waals surface area (Å²) in [4.78, 5) is 8.15. The minimum Gasteiger partial charge on any atom is -0.293 e. The number of aliphatic imine (C=N–C) groups is 1. The van der Waals surface area contributed by atoms with E-state index in [1.807, 2.05) is 73.1 Å². The number of allylic oxidation sites excluding steroid dienone is 10. The van der Waals surface area contributed by atoms with Crippen LogP contribution in [0, 0.1) is 0 Å². The molecule has 11 aromatic carbocycles. The summed E-state index contributed by atoms with van der Waals surface area (Å²) < 4.78 is 0. The molecule has 0 amide bonds. The van der Waals surface area contributed by atoms with Gasteiger partial charge in [0.05, 0.1) is 12.1 Å². The van der Waals surface area contributed by atoms with Crippen LogP contribution in [-0.4, -0.2) is 17.7 Å². The summed E-state index contributed by atoms with van der Waals surface area (Å²) in [5, 5.41) is 14.4. The van der Waals surface area contributed by atoms with E-state index < -0.39 is 0 Å². The first-order valence-corrected chi connectivity index (χ1v) is 28.3. The molecule has 1 aromatic heterocycles. The van der Waals surface area contributed by atoms with Gasteiger partial charge in [-0.15, -0.1) is 0 Å². The summed E-state index contributed by atoms with van der Waals surface area (Å²) in [6.07, 6.45) is 32.7. The molecule has 2 nitrogen and oxygen atoms in total. The van der Waals surface area contributed by atoms with Crippen LogP contribution in [0.5, 0.6) is 0 Å². The van der Waals surface area contributed by atoms with Crippen LogP contribution in [0.3, 0.4) is 0 Å². The molecule has 0 radical (unpaired) electrons. The van der Waals surface area contributed by atoms with Crippen LogP contribution in [-0.2, 0) is 6.42 Å². The summed E-state index contributed by atoms with van der Waals surface area (Å²) in [6, 6.07) is 92.1. The molecule has 0 bridgehead atoms. The Morgan fingerprint density at radius 2 is 0.753 bits per heavy atom. The van der Waals surface area contributed by atoms with E-state index in [4.69, 9.17) is 0 Å². The van der Waals surface area contributed by atoms with Gasteiger partial charge >= 0.3 is 0 Å². The van der Waals surface area contributed by atoms with Crippen LogP contribution < -0.4 is 0 Å². The number of fused-ring (bicyclic) bond motifs is 8. The minimum absolute atomic E-state index is 0.889. The van der Waals surface area contributed by atoms with Gasteiger partial charge in [0.15, 0.2) is 0 Å². The predicted octanol–water partition coefficient (Wildman–Crippen LogP) is 21.6. The SMILES string of the molecule is C1=CCCC(C2=CC=CCC2)=C1.C1=CCN=CC1.C1=Cc2ccccc2C1.c1ccc2c(c1)ccc1ccccc12.c1ccc2cc3ccccc3cc2c1.c1ccc2ccccc2c1.c1ccc2ncccc2c1.c1ccccc1. The van der Waals surface area contributed by atoms with Gasteiger partial charge in [0.2, 0.25) is 0 Å². The quantitative estimate of drug-likeness (QED) is 0.0914. The van der Waals surface area contributed by atoms with Crippen molar-refractivity contribution in [3.63, 3.8) is 0 Å². The second kappa shape index (κ2) is 31.6. The first-order valence-electron chi connectivity index (χ1n) is 28.3. The third-order valence-corrected chi connectivity index (χ3v) is 14.0. The molecule has 0 unspecified atom stereocenters. The highest BCUT2D eigenvalue weighted by Gasteiger charge is 2.07. The van der Waals surface area contributed by atoms with Gasteiger partial charge in [0.25, 0.3) is 0 Å². The number of dihydropyridines is 1. The van der Waals surface area contributed by atoms with Gasteiger partial charge in [-0.3, -0.25) is 9.98 Å². The molecule has 396 valence electrons. The van der Waals surface area contributed by atoms with Crippen molar-refractivity contribution in [1.82, 2.24) is 4.98 Å². The monoisotopic (exact) mass is 1050 g/mol. The highest BCUT2D eigenvalue weighted by Crippen LogP contribution is 2.27. The lowest BCUT2D eigenvalue weighted by atomic mass is 9.92. The standard InChI is InChI=1S/2C14H10.C12H14.C10H8.C9H7N.C9H8.C6H6.C5H7N/c1-3-7-13-11(5-1)9-10-12-6-2-4-8-14(12)13;1-2-6-12-10-14-8-4-3-7-13(14)9-11(12)5-1;1-3-7-11(8-4-1)12-9-5-2-6-10-12;1-2-6-10-8-4-3-7-9(10)5-1;1-2-6-9-8(4-1)5-3-7-10-9;1-2-5-9-7-3-6-8(9)4-1;2*1-2-4-6-5-3-1/h2*1-10H;1-3,5,7,9H,4,6,8,10H2;1-8H;1-7H;1-6H,7H2;1-6H;1-2,5H,3-4H2. The molecule has 3 aliphatic carbocycles. The van der Waals surface area contributed by atoms with Crippen molar-refractivity contribution >= 4 is 77.1 Å². The van der Waals surface area contributed by atoms with Crippen LogP contribution >= 0.6 is 0 Å². The third kappa shape index (κ3) is 17.6. The first-order chi connectivity index (χ1) is 40.2. The Hall–Kier alpha value is -9.76. The Morgan fingerprint density at radius 1 is 0.321 bits per heavy atom. The van der Waals surface area contributed by atoms with Gasteiger partial charge < -0.3 is 0 Å². The Kier molecular flexibility index (Phi) is 21.8. The van der Waals surface area contributed by atoms with Gasteiger partial charge in [0.1, 0.15) is 0 Å². The molecule has 0 fully saturated rings. The third-order valence-electron chi connectivity index (χ3n) is 14.0. The molecule has 2 heterocycles. The number of para-hydroxylation sites is 1. The fraction of sp³-hybridized carbons (Fsp3) is 0.0886. The topological polar surface area (TPSA) is 25.2 Å². The van der Waals surface area contributed by atoms with E-state index in [1.54, 1.807) is 11.1 Å². The average molecular weight is 1050 g/mol. The molecule has 2 heteroatoms. The maximum Gasteiger partial charge on any atom is 0.0701 e. The predicted molar refractivity (Wildman–Crippen MR) is 354 cm³/mol. The molecule has 4 aliphatic rings. The molecular weight excluding hydrogens is 977 g/mol. The van der Waals surface area contributed by atoms with Crippen LogP contribution in [0.25, 0.3) is 70.8 Å². The van der Waals surface area contributed by atoms with Crippen molar-refractivity contribution in [3.8, 4) is 0 Å². The highest BCUT2D eigenvalue weighted by atomic mass is 14.7. The number of benzene rings is 11. The van der Waals surface area contributed by atoms with Gasteiger partial charge in [-0.05, 0) is 133 Å². The molecule has 16 rings (SSSR count). The van der Waals surface area contributed by atoms with Crippen molar-refractivity contribution in [2.45, 2.75) is 38.5 Å². The number of aromatic nitrogens is 1. The lowest BCUT2D eigenvalue weighted by Gasteiger charge is -2.14. The second-order valence-corrected chi connectivity index (χ2v) is 19.6. The molecule has 81 heavy (non-hydrogen) atoms. The van der Waals surface area contributed by atoms with Gasteiger partial charge in [-0.2, -0.15) is 0 Å². The molecular formula is C79H70N2. The number of hydrogen-bond donors (Lipinski definition) is 0. The van der Waals surface area contributed by atoms with Gasteiger partial charge in [0, 0.05) is 24.2 Å². The molecule has 0 atom stereocenters. The summed E-state index contributed by atoms with van der Waals surface area (Å²) in [5.74, 6) is 0. The van der Waals surface area contributed by atoms with E-state index in [-0.39, 0.29) is 0 Å². The van der Waals surface area contributed by atoms with Gasteiger partial charge in [-0.1, -0.05) is 303 Å². The lowest BCUT2D eigenvalue weighted by molar-refractivity contribution is 0.898. The summed E-state index contributed by atoms with van der Waals surface area (Å²) >= 11 is 0. The zero-order valence-corrected chi connectivity index (χ0v) is 46.2. The van der Waals surface area contributed by atoms with Gasteiger partial charge in [-0.25, -0.2) is 0 Å². The van der Waals surface area contributed by atoms with Crippen molar-refractivity contribution in [2.24, 2.45) is 4.99 Å². The number of nitrogens with zero attached hydrogens (tertiary/aromatic N) is 2. The second-order valence-electron chi connectivity index (χ2n) is 19.6. The fourth-order valence-corrected chi connectivity index (χ4v) is 9.75. The molecule has 1 aliphatic heterocycles. The van der Waals surface area contributed by atoms with E-state index in [0.29, 0.717) is 0 Å². The molecule has 0 spiro atoms. The van der Waals surface area contributed by atoms with Crippen molar-refractivity contribution < 1.29 is 0 Å². The number of pyridine rings is 1. The van der Waals surface area contributed by atoms with Crippen LogP contribution in [0.15, 0.2) is 344 Å². The molecule has 0 saturated heterocycles. The zero-order valence-electron chi connectivity index (χ0n) is 46.2. The largest absolute Gasteiger partial charge is 0.293 e. The molecule has 0 saturated carbocycles. The van der Waals surface area contributed by atoms with Crippen molar-refractivity contribution in [3.05, 3.63) is 350 Å². The van der Waals surface area contributed by atoms with Crippen LogP contribution in [0.1, 0.15) is 43.2 Å². The lowest BCUT2D eigenvalue weighted by Crippen LogP contribution is -1.94. The van der Waals surface area contributed by atoms with E-state index in [0.717, 1.165) is 24.9 Å². The highest BCUT2D eigenvalue weighted by molar-refractivity contribution is 6.07. The normalized spacial score (nSPS) is 13.0. The Labute approximate surface area is 479 Å². The summed E-state index contributed by atoms with van der Waals surface area (Å²) in [7, 11) is 0. The maximum atomic E-state index is 4.18. The fourth-order valence-electron chi connectivity index (χ4n) is 9.75. The minimum atomic E-state index is 0.889. The van der Waals surface area contributed by atoms with Crippen molar-refractivity contribution in [1.29, 1.82) is 0 Å². The van der Waals surface area contributed by atoms with E-state index in [9.17, 15) is 0 Å². The maximum absolute atomic E-state index is 4.18. The average Bonchev–Trinajstić information content (AvgIpc) is 4.08. The summed E-state index contributed by atoms with van der Waals surface area (Å²) in [6.45, 7) is 0.889. The van der Waals surface area contributed by atoms with E-state index in [1.165, 1.54) is 96.1 Å². The van der Waals surface area contributed by atoms with Crippen molar-refractivity contribution in [2.75, 3.05) is 6.54 Å². The first kappa shape index (κ1) is 56.0. The molecule has 0 N–H and O–H groups in total. The zero-order chi connectivity index (χ0) is 55.2. The Balaban J connectivity index is 0.000000113. The smallest absolute Gasteiger partial charge is 0.0701 e. The molecule has 12 aromatic rings. The number of rotatable bonds is 1. The van der Waals surface area contributed by atoms with E-state index >= 15 is 0 Å². The number of hydrogen-bond acceptors (Lipinski definition) is 2. The Bertz CT molecular complexity index is 3640.